The number of aromatic nitrogens is 1. The maximum Gasteiger partial charge on any atom is 0.141 e. The molecule has 0 saturated heterocycles. The van der Waals surface area contributed by atoms with Gasteiger partial charge in [0.05, 0.1) is 12.3 Å². The molecule has 0 aromatic carbocycles. The fourth-order valence-electron chi connectivity index (χ4n) is 2.23. The van der Waals surface area contributed by atoms with E-state index in [0.717, 1.165) is 11.5 Å². The number of nitrogens with one attached hydrogen (secondary N) is 1. The lowest BCUT2D eigenvalue weighted by molar-refractivity contribution is 0.278. The lowest BCUT2D eigenvalue weighted by atomic mass is 10.1. The molecule has 2 rings (SSSR count). The average molecular weight is 250 g/mol. The van der Waals surface area contributed by atoms with Crippen molar-refractivity contribution < 1.29 is 10.2 Å². The molecule has 1 aliphatic carbocycles. The van der Waals surface area contributed by atoms with E-state index in [1.807, 2.05) is 0 Å². The Kier molecular flexibility index (Phi) is 4.19. The van der Waals surface area contributed by atoms with Gasteiger partial charge in [0.25, 0.3) is 0 Å². The molecule has 1 aromatic rings. The first kappa shape index (κ1) is 13.3. The van der Waals surface area contributed by atoms with Crippen molar-refractivity contribution in [2.75, 3.05) is 0 Å². The van der Waals surface area contributed by atoms with Crippen molar-refractivity contribution in [3.05, 3.63) is 23.0 Å². The molecule has 4 nitrogen and oxygen atoms in total. The quantitative estimate of drug-likeness (QED) is 0.721. The first-order valence-corrected chi connectivity index (χ1v) is 6.62. The van der Waals surface area contributed by atoms with Crippen LogP contribution in [0.2, 0.25) is 0 Å². The number of hydrogen-bond donors (Lipinski definition) is 3. The Balaban J connectivity index is 2.00. The summed E-state index contributed by atoms with van der Waals surface area (Å²) in [5.74, 6) is 1.09. The van der Waals surface area contributed by atoms with E-state index in [-0.39, 0.29) is 12.4 Å². The maximum atomic E-state index is 10.0. The highest BCUT2D eigenvalue weighted by atomic mass is 16.3. The van der Waals surface area contributed by atoms with Crippen LogP contribution in [0.3, 0.4) is 0 Å². The highest BCUT2D eigenvalue weighted by molar-refractivity contribution is 5.40. The van der Waals surface area contributed by atoms with Crippen molar-refractivity contribution in [1.82, 2.24) is 10.3 Å². The molecule has 1 fully saturated rings. The third-order valence-corrected chi connectivity index (χ3v) is 3.61. The van der Waals surface area contributed by atoms with E-state index in [4.69, 9.17) is 0 Å². The lowest BCUT2D eigenvalue weighted by Crippen LogP contribution is -2.26. The van der Waals surface area contributed by atoms with Gasteiger partial charge in [-0.05, 0) is 26.2 Å². The molecule has 3 N–H and O–H groups in total. The zero-order valence-electron chi connectivity index (χ0n) is 11.1. The van der Waals surface area contributed by atoms with Gasteiger partial charge in [0.1, 0.15) is 5.75 Å². The molecule has 0 radical (unpaired) electrons. The first-order valence-electron chi connectivity index (χ1n) is 6.62. The second kappa shape index (κ2) is 5.67. The number of nitrogens with zero attached hydrogens (tertiary/aromatic N) is 1. The fraction of sp³-hybridized carbons (Fsp3) is 0.643. The van der Waals surface area contributed by atoms with Crippen LogP contribution in [-0.4, -0.2) is 21.2 Å². The predicted octanol–water partition coefficient (Wildman–Crippen LogP) is 1.87. The van der Waals surface area contributed by atoms with Crippen LogP contribution < -0.4 is 5.32 Å². The minimum atomic E-state index is -0.0884. The average Bonchev–Trinajstić information content (AvgIpc) is 3.15. The summed E-state index contributed by atoms with van der Waals surface area (Å²) in [6.45, 7) is 4.43. The summed E-state index contributed by atoms with van der Waals surface area (Å²) in [6.07, 6.45) is 5.54. The highest BCUT2D eigenvalue weighted by Crippen LogP contribution is 2.33. The number of hydrogen-bond acceptors (Lipinski definition) is 4. The van der Waals surface area contributed by atoms with Crippen LogP contribution in [0.4, 0.5) is 0 Å². The van der Waals surface area contributed by atoms with E-state index in [0.29, 0.717) is 23.8 Å². The van der Waals surface area contributed by atoms with Crippen LogP contribution in [0.15, 0.2) is 6.20 Å². The zero-order valence-corrected chi connectivity index (χ0v) is 11.1. The minimum absolute atomic E-state index is 0.0884. The van der Waals surface area contributed by atoms with E-state index >= 15 is 0 Å². The van der Waals surface area contributed by atoms with Crippen LogP contribution in [0.1, 0.15) is 43.0 Å². The molecule has 0 spiro atoms. The maximum absolute atomic E-state index is 10.0. The van der Waals surface area contributed by atoms with E-state index in [9.17, 15) is 10.2 Å². The highest BCUT2D eigenvalue weighted by Gasteiger charge is 2.23. The normalized spacial score (nSPS) is 16.8. The molecule has 1 unspecified atom stereocenters. The van der Waals surface area contributed by atoms with E-state index in [2.05, 4.69) is 17.2 Å². The number of aryl methyl sites for hydroxylation is 1. The van der Waals surface area contributed by atoms with Gasteiger partial charge in [0.2, 0.25) is 0 Å². The van der Waals surface area contributed by atoms with Gasteiger partial charge in [0.15, 0.2) is 0 Å². The summed E-state index contributed by atoms with van der Waals surface area (Å²) in [6, 6.07) is 0.442. The standard InChI is InChI=1S/C14H22N2O2/c1-9(5-11-3-4-11)15-7-13-12(8-17)6-16-10(2)14(13)18/h6,9,11,15,17-18H,3-5,7-8H2,1-2H3. The van der Waals surface area contributed by atoms with Gasteiger partial charge in [-0.25, -0.2) is 0 Å². The van der Waals surface area contributed by atoms with Gasteiger partial charge in [-0.2, -0.15) is 0 Å². The van der Waals surface area contributed by atoms with Gasteiger partial charge < -0.3 is 15.5 Å². The van der Waals surface area contributed by atoms with E-state index in [1.54, 1.807) is 13.1 Å². The van der Waals surface area contributed by atoms with Gasteiger partial charge in [-0.15, -0.1) is 0 Å². The lowest BCUT2D eigenvalue weighted by Gasteiger charge is -2.16. The van der Waals surface area contributed by atoms with Crippen molar-refractivity contribution in [3.8, 4) is 5.75 Å². The Morgan fingerprint density at radius 3 is 2.83 bits per heavy atom. The van der Waals surface area contributed by atoms with Crippen LogP contribution in [0, 0.1) is 12.8 Å². The van der Waals surface area contributed by atoms with Crippen molar-refractivity contribution in [2.45, 2.75) is 52.3 Å². The van der Waals surface area contributed by atoms with Gasteiger partial charge in [-0.1, -0.05) is 12.8 Å². The number of rotatable bonds is 6. The molecule has 0 aliphatic heterocycles. The fourth-order valence-corrected chi connectivity index (χ4v) is 2.23. The van der Waals surface area contributed by atoms with Crippen molar-refractivity contribution in [1.29, 1.82) is 0 Å². The van der Waals surface area contributed by atoms with E-state index < -0.39 is 0 Å². The molecule has 1 saturated carbocycles. The molecule has 1 heterocycles. The summed E-state index contributed by atoms with van der Waals surface area (Å²) >= 11 is 0. The predicted molar refractivity (Wildman–Crippen MR) is 70.2 cm³/mol. The monoisotopic (exact) mass is 250 g/mol. The second-order valence-corrected chi connectivity index (χ2v) is 5.32. The Hall–Kier alpha value is -1.13. The summed E-state index contributed by atoms with van der Waals surface area (Å²) < 4.78 is 0. The van der Waals surface area contributed by atoms with Crippen LogP contribution in [-0.2, 0) is 13.2 Å². The first-order chi connectivity index (χ1) is 8.61. The largest absolute Gasteiger partial charge is 0.506 e. The van der Waals surface area contributed by atoms with Crippen LogP contribution >= 0.6 is 0 Å². The molecular weight excluding hydrogens is 228 g/mol. The molecule has 18 heavy (non-hydrogen) atoms. The van der Waals surface area contributed by atoms with Crippen molar-refractivity contribution in [3.63, 3.8) is 0 Å². The van der Waals surface area contributed by atoms with Gasteiger partial charge >= 0.3 is 0 Å². The second-order valence-electron chi connectivity index (χ2n) is 5.32. The Bertz CT molecular complexity index is 417. The Labute approximate surface area is 108 Å². The Morgan fingerprint density at radius 2 is 2.22 bits per heavy atom. The molecule has 0 bridgehead atoms. The van der Waals surface area contributed by atoms with Crippen molar-refractivity contribution in [2.24, 2.45) is 5.92 Å². The summed E-state index contributed by atoms with van der Waals surface area (Å²) in [7, 11) is 0. The van der Waals surface area contributed by atoms with Gasteiger partial charge in [-0.3, -0.25) is 4.98 Å². The molecule has 1 aromatic heterocycles. The molecular formula is C14H22N2O2. The van der Waals surface area contributed by atoms with Gasteiger partial charge in [0, 0.05) is 29.9 Å². The minimum Gasteiger partial charge on any atom is -0.506 e. The molecule has 4 heteroatoms. The molecule has 0 amide bonds. The SMILES string of the molecule is Cc1ncc(CO)c(CNC(C)CC2CC2)c1O. The topological polar surface area (TPSA) is 65.4 Å². The number of aliphatic hydroxyl groups is 1. The third-order valence-electron chi connectivity index (χ3n) is 3.61. The molecule has 100 valence electrons. The van der Waals surface area contributed by atoms with E-state index in [1.165, 1.54) is 19.3 Å². The number of aromatic hydroxyl groups is 1. The molecule has 1 atom stereocenters. The summed E-state index contributed by atoms with van der Waals surface area (Å²) in [5, 5.41) is 22.7. The Morgan fingerprint density at radius 1 is 1.50 bits per heavy atom. The van der Waals surface area contributed by atoms with Crippen LogP contribution in [0.5, 0.6) is 5.75 Å². The number of aliphatic hydroxyl groups excluding tert-OH is 1. The summed E-state index contributed by atoms with van der Waals surface area (Å²) in [5.41, 5.74) is 2.08. The number of pyridine rings is 1. The third kappa shape index (κ3) is 3.21. The summed E-state index contributed by atoms with van der Waals surface area (Å²) in [4.78, 5) is 4.06. The van der Waals surface area contributed by atoms with Crippen molar-refractivity contribution >= 4 is 0 Å². The smallest absolute Gasteiger partial charge is 0.141 e. The zero-order chi connectivity index (χ0) is 13.1. The van der Waals surface area contributed by atoms with Crippen LogP contribution in [0.25, 0.3) is 0 Å². The molecule has 1 aliphatic rings.